The van der Waals surface area contributed by atoms with Gasteiger partial charge >= 0.3 is 37.4 Å². The molecule has 0 heterocycles. The van der Waals surface area contributed by atoms with Crippen molar-refractivity contribution in [1.82, 2.24) is 10.2 Å². The van der Waals surface area contributed by atoms with Gasteiger partial charge in [-0.15, -0.1) is 0 Å². The van der Waals surface area contributed by atoms with E-state index in [0.29, 0.717) is 57.4 Å². The Labute approximate surface area is 881 Å². The number of amides is 1. The molecule has 0 aliphatic heterocycles. The number of nitro benzene ring substituents is 1. The second-order valence-corrected chi connectivity index (χ2v) is 48.4. The van der Waals surface area contributed by atoms with Gasteiger partial charge in [-0.1, -0.05) is 289 Å². The zero-order chi connectivity index (χ0) is 109. The van der Waals surface area contributed by atoms with Crippen LogP contribution < -0.4 is 19.5 Å². The third kappa shape index (κ3) is 84.7. The van der Waals surface area contributed by atoms with Crippen molar-refractivity contribution in [3.05, 3.63) is 92.6 Å². The molecule has 850 valence electrons. The van der Waals surface area contributed by atoms with Crippen molar-refractivity contribution in [1.29, 1.82) is 0 Å². The fraction of sp³-hybridized carbons (Fsp3) is 0.767. The molecule has 3 rings (SSSR count). The molecule has 3 aromatic rings. The molecular weight excluding hydrogens is 2040 g/mol. The number of nitrogens with one attached hydrogen (secondary N) is 1. The molecule has 1 N–H and O–H groups in total. The van der Waals surface area contributed by atoms with Gasteiger partial charge in [0.15, 0.2) is 64.3 Å². The number of rotatable bonds is 89. The number of hydrogen-bond donors (Lipinski definition) is 1. The summed E-state index contributed by atoms with van der Waals surface area (Å²) in [5.41, 5.74) is -0.0134. The standard InChI is InChI=1S/C18H25F5O3Si.C18H27F5O2Si.C18H35NO6Si.C18H29NO5Si.C16H37O4PSi.C15H33NO3Si/c1-25-27-11-9-7-5-3-2-4-6-8-10-12(24)26-18-16(22)14(20)13(19)15(21)17(18)23;1-24-26-12-10-8-6-4-2-3-5-7-9-11-25-18-16(22)14(20)13(19)15(21)17(18)23;1-23-17(21)14-19(15-18(22)24-2)16(20)12-10-8-6-4-5-7-9-11-13-26-25-3;1-23-25-15-9-7-5-3-2-4-6-8-10-18(20)24-17-13-11-16(12-14-17)19(21)22;1-4-19-21(17,20-5-2)15-13-11-9-7-6-8-10-12-14-16-22-18-3;1-18-15(17)14-16-12-10-8-6-4-3-5-7-9-11-13-20-19-2/h2-11,27H2,1H3;2-12,26H2,1H3;4-15,26H2,1-3H3;11-14H,2-10,15,25H2,1H3;4-16,22H2,1-3H3;16H,3-14,20H2,1-2H3. The monoisotopic (exact) mass is 2220 g/mol. The van der Waals surface area contributed by atoms with Crippen molar-refractivity contribution < 1.29 is 146 Å². The van der Waals surface area contributed by atoms with Crippen molar-refractivity contribution in [2.75, 3.05) is 116 Å². The summed E-state index contributed by atoms with van der Waals surface area (Å²) in [5.74, 6) is -26.0. The van der Waals surface area contributed by atoms with Gasteiger partial charge < -0.3 is 74.2 Å². The number of nitrogens with zero attached hydrogens (tertiary/aromatic N) is 2. The van der Waals surface area contributed by atoms with E-state index in [2.05, 4.69) is 24.3 Å². The van der Waals surface area contributed by atoms with Crippen LogP contribution in [0.15, 0.2) is 24.3 Å². The molecule has 0 bridgehead atoms. The lowest BCUT2D eigenvalue weighted by atomic mass is 10.1. The van der Waals surface area contributed by atoms with Crippen LogP contribution in [0, 0.1) is 68.3 Å². The third-order valence-electron chi connectivity index (χ3n) is 23.6. The second kappa shape index (κ2) is 105. The summed E-state index contributed by atoms with van der Waals surface area (Å²) < 4.78 is 213. The molecule has 1 amide bonds. The molecule has 43 heteroatoms. The van der Waals surface area contributed by atoms with Crippen LogP contribution in [-0.2, 0) is 83.1 Å². The van der Waals surface area contributed by atoms with E-state index in [4.69, 9.17) is 45.1 Å². The maximum absolute atomic E-state index is 13.4. The molecule has 0 saturated heterocycles. The molecule has 0 spiro atoms. The molecule has 0 fully saturated rings. The fourth-order valence-corrected chi connectivity index (χ4v) is 21.9. The van der Waals surface area contributed by atoms with E-state index in [9.17, 15) is 87.4 Å². The highest BCUT2D eigenvalue weighted by Gasteiger charge is 2.30. The van der Waals surface area contributed by atoms with Crippen molar-refractivity contribution in [3.63, 3.8) is 0 Å². The number of nitro groups is 1. The van der Waals surface area contributed by atoms with Crippen LogP contribution in [-0.4, -0.2) is 220 Å². The number of carbonyl (C=O) groups is 6. The predicted octanol–water partition coefficient (Wildman–Crippen LogP) is 23.7. The lowest BCUT2D eigenvalue weighted by Gasteiger charge is -2.20. The van der Waals surface area contributed by atoms with Gasteiger partial charge in [-0.25, -0.2) is 26.3 Å². The number of non-ortho nitro benzene ring substituents is 1. The van der Waals surface area contributed by atoms with Gasteiger partial charge in [0.1, 0.15) is 18.8 Å². The minimum Gasteiger partial charge on any atom is -0.487 e. The van der Waals surface area contributed by atoms with Gasteiger partial charge in [-0.3, -0.25) is 43.4 Å². The summed E-state index contributed by atoms with van der Waals surface area (Å²) in [4.78, 5) is 80.4. The molecule has 26 nitrogen and oxygen atoms in total. The van der Waals surface area contributed by atoms with Crippen molar-refractivity contribution >= 4 is 108 Å². The molecule has 0 unspecified atom stereocenters. The highest BCUT2D eigenvalue weighted by atomic mass is 31.2. The first-order valence-electron chi connectivity index (χ1n) is 53.9. The van der Waals surface area contributed by atoms with Gasteiger partial charge in [0, 0.05) is 74.1 Å². The van der Waals surface area contributed by atoms with E-state index in [0.717, 1.165) is 122 Å². The predicted molar refractivity (Wildman–Crippen MR) is 575 cm³/mol. The Hall–Kier alpha value is -5.85. The van der Waals surface area contributed by atoms with Gasteiger partial charge in [-0.2, -0.15) is 17.6 Å². The van der Waals surface area contributed by atoms with E-state index >= 15 is 0 Å². The fourth-order valence-electron chi connectivity index (χ4n) is 15.1. The molecule has 0 aromatic heterocycles. The van der Waals surface area contributed by atoms with Gasteiger partial charge in [0.25, 0.3) is 5.69 Å². The van der Waals surface area contributed by atoms with Crippen LogP contribution in [0.3, 0.4) is 0 Å². The Morgan fingerprint density at radius 2 is 0.582 bits per heavy atom. The summed E-state index contributed by atoms with van der Waals surface area (Å²) in [5, 5.41) is 13.6. The lowest BCUT2D eigenvalue weighted by molar-refractivity contribution is -0.384. The highest BCUT2D eigenvalue weighted by molar-refractivity contribution is 7.53. The Bertz CT molecular complexity index is 3670. The maximum Gasteiger partial charge on any atom is 0.330 e. The number of methoxy groups -OCH3 is 3. The number of carbonyl (C=O) groups excluding carboxylic acids is 6. The van der Waals surface area contributed by atoms with Crippen LogP contribution in [0.25, 0.3) is 0 Å². The first-order valence-corrected chi connectivity index (χ1v) is 65.1. The summed E-state index contributed by atoms with van der Waals surface area (Å²) in [6.07, 6.45) is 60.0. The Morgan fingerprint density at radius 1 is 0.322 bits per heavy atom. The van der Waals surface area contributed by atoms with E-state index in [1.165, 1.54) is 286 Å². The normalized spacial score (nSPS) is 11.5. The quantitative estimate of drug-likeness (QED) is 0.00469. The number of hydrogen-bond acceptors (Lipinski definition) is 24. The molecule has 0 saturated carbocycles. The van der Waals surface area contributed by atoms with Crippen LogP contribution in [0.5, 0.6) is 17.2 Å². The van der Waals surface area contributed by atoms with E-state index in [1.807, 2.05) is 28.1 Å². The molecule has 0 atom stereocenters. The number of unbranched alkanes of at least 4 members (excludes halogenated alkanes) is 45. The zero-order valence-electron chi connectivity index (χ0n) is 90.6. The maximum atomic E-state index is 13.4. The van der Waals surface area contributed by atoms with E-state index in [1.54, 1.807) is 28.4 Å². The van der Waals surface area contributed by atoms with Crippen molar-refractivity contribution in [2.24, 2.45) is 0 Å². The average molecular weight is 2220 g/mol. The minimum absolute atomic E-state index is 0.0134. The van der Waals surface area contributed by atoms with Crippen LogP contribution >= 0.6 is 7.60 Å². The molecule has 3 aromatic carbocycles. The topological polar surface area (TPSA) is 307 Å². The first kappa shape index (κ1) is 144. The first-order chi connectivity index (χ1) is 70.6. The summed E-state index contributed by atoms with van der Waals surface area (Å²) in [6.45, 7) is 5.37. The molecule has 0 aliphatic carbocycles. The minimum atomic E-state index is -2.81. The smallest absolute Gasteiger partial charge is 0.330 e. The van der Waals surface area contributed by atoms with Crippen LogP contribution in [0.2, 0.25) is 36.3 Å². The SMILES string of the molecule is CCOP(=O)(CCCCCCCCCCC[SiH2]OC)OCC.CO[SiH2]CCCCCCCCCCC(=O)N(CC(=O)OC)CC(=O)OC.CO[SiH2]CCCCCCCCCCC(=O)Oc1c(F)c(F)c(F)c(F)c1F.CO[SiH2]CCCCCCCCCCC(=O)Oc1ccc([N+](=O)[O-])cc1.CO[SiH2]CCCCCCCCCCCNCC(=O)OC.CO[SiH2]CCCCCCCCCCCOc1c(F)c(F)c(F)c(F)c1F. The Morgan fingerprint density at radius 3 is 0.877 bits per heavy atom. The largest absolute Gasteiger partial charge is 0.487 e. The molecule has 0 radical (unpaired) electrons. The van der Waals surface area contributed by atoms with Crippen molar-refractivity contribution in [2.45, 2.75) is 397 Å². The third-order valence-corrected chi connectivity index (χ3v) is 32.9. The van der Waals surface area contributed by atoms with E-state index in [-0.39, 0.29) is 108 Å². The van der Waals surface area contributed by atoms with Gasteiger partial charge in [0.2, 0.25) is 69.8 Å². The second-order valence-electron chi connectivity index (χ2n) is 36.0. The molecule has 146 heavy (non-hydrogen) atoms. The number of halogens is 10. The number of esters is 5. The summed E-state index contributed by atoms with van der Waals surface area (Å²) in [6, 6.07) is 13.2. The van der Waals surface area contributed by atoms with Gasteiger partial charge in [-0.05, 0) is 107 Å². The van der Waals surface area contributed by atoms with Crippen molar-refractivity contribution in [3.8, 4) is 17.2 Å². The van der Waals surface area contributed by atoms with Crippen LogP contribution in [0.4, 0.5) is 49.6 Å². The van der Waals surface area contributed by atoms with Gasteiger partial charge in [0.05, 0.1) is 58.8 Å². The lowest BCUT2D eigenvalue weighted by Crippen LogP contribution is -2.40. The highest BCUT2D eigenvalue weighted by Crippen LogP contribution is 2.49. The van der Waals surface area contributed by atoms with E-state index < -0.39 is 100 Å². The number of ether oxygens (including phenoxy) is 6. The molecule has 0 aliphatic rings. The Kier molecular flexibility index (Phi) is 104. The average Bonchev–Trinajstić information content (AvgIpc) is 0.807. The summed E-state index contributed by atoms with van der Waals surface area (Å²) >= 11 is 0. The molecular formula is C103H186F10N3O23PSi6. The Balaban J connectivity index is -0.00000169. The summed E-state index contributed by atoms with van der Waals surface area (Å²) in [7, 11) is 10.4. The van der Waals surface area contributed by atoms with Crippen LogP contribution in [0.1, 0.15) is 361 Å². The zero-order valence-corrected chi connectivity index (χ0v) is 100. The number of benzene rings is 3.